The fraction of sp³-hybridized carbons (Fsp3) is 0.889. The van der Waals surface area contributed by atoms with E-state index in [1.165, 1.54) is 30.7 Å². The van der Waals surface area contributed by atoms with E-state index in [2.05, 4.69) is 15.5 Å². The zero-order valence-corrected chi connectivity index (χ0v) is 12.8. The highest BCUT2D eigenvalue weighted by Crippen LogP contribution is 2.15. The molecule has 8 nitrogen and oxygen atoms in total. The molecule has 0 saturated carbocycles. The maximum absolute atomic E-state index is 11.4. The number of sulfone groups is 1. The van der Waals surface area contributed by atoms with Crippen LogP contribution in [-0.2, 0) is 25.9 Å². The van der Waals surface area contributed by atoms with E-state index in [0.29, 0.717) is 17.5 Å². The van der Waals surface area contributed by atoms with E-state index in [4.69, 9.17) is 9.47 Å². The lowest BCUT2D eigenvalue weighted by atomic mass is 10.6. The predicted octanol–water partition coefficient (Wildman–Crippen LogP) is -0.181. The van der Waals surface area contributed by atoms with Gasteiger partial charge < -0.3 is 9.47 Å². The van der Waals surface area contributed by atoms with Crippen molar-refractivity contribution in [1.82, 2.24) is 20.2 Å². The first kappa shape index (κ1) is 16.3. The molecule has 1 aromatic rings. The Balaban J connectivity index is 2.53. The number of rotatable bonds is 9. The third-order valence-electron chi connectivity index (χ3n) is 2.41. The summed E-state index contributed by atoms with van der Waals surface area (Å²) in [7, 11) is 0.0879. The summed E-state index contributed by atoms with van der Waals surface area (Å²) < 4.78 is 34.4. The van der Waals surface area contributed by atoms with Gasteiger partial charge in [0.25, 0.3) is 0 Å². The van der Waals surface area contributed by atoms with Gasteiger partial charge in [0.15, 0.2) is 16.1 Å². The van der Waals surface area contributed by atoms with Gasteiger partial charge in [0, 0.05) is 25.7 Å². The highest BCUT2D eigenvalue weighted by molar-refractivity contribution is 8.00. The number of thioether (sulfide) groups is 1. The third kappa shape index (κ3) is 5.43. The second-order valence-electron chi connectivity index (χ2n) is 3.63. The van der Waals surface area contributed by atoms with Gasteiger partial charge in [0.2, 0.25) is 5.16 Å². The van der Waals surface area contributed by atoms with Crippen LogP contribution in [0.4, 0.5) is 0 Å². The van der Waals surface area contributed by atoms with Crippen molar-refractivity contribution in [3.8, 4) is 0 Å². The number of tetrazole rings is 1. The van der Waals surface area contributed by atoms with Crippen LogP contribution in [0.5, 0.6) is 0 Å². The zero-order valence-electron chi connectivity index (χ0n) is 11.1. The Morgan fingerprint density at radius 3 is 2.63 bits per heavy atom. The minimum Gasteiger partial charge on any atom is -0.354 e. The highest BCUT2D eigenvalue weighted by atomic mass is 32.2. The lowest BCUT2D eigenvalue weighted by Crippen LogP contribution is -2.22. The zero-order chi connectivity index (χ0) is 14.3. The van der Waals surface area contributed by atoms with Crippen LogP contribution in [-0.4, -0.2) is 66.4 Å². The van der Waals surface area contributed by atoms with E-state index >= 15 is 0 Å². The molecule has 0 fully saturated rings. The summed E-state index contributed by atoms with van der Waals surface area (Å²) in [4.78, 5) is 0. The van der Waals surface area contributed by atoms with Crippen molar-refractivity contribution in [3.05, 3.63) is 0 Å². The Bertz CT molecular complexity index is 472. The molecule has 10 heteroatoms. The summed E-state index contributed by atoms with van der Waals surface area (Å²) in [5, 5.41) is 11.8. The third-order valence-corrected chi connectivity index (χ3v) is 5.34. The number of nitrogens with zero attached hydrogens (tertiary/aromatic N) is 4. The Morgan fingerprint density at radius 2 is 2.05 bits per heavy atom. The van der Waals surface area contributed by atoms with Crippen molar-refractivity contribution < 1.29 is 17.9 Å². The topological polar surface area (TPSA) is 96.2 Å². The Kier molecular flexibility index (Phi) is 6.69. The molecule has 19 heavy (non-hydrogen) atoms. The molecule has 0 N–H and O–H groups in total. The molecular weight excluding hydrogens is 292 g/mol. The van der Waals surface area contributed by atoms with E-state index in [-0.39, 0.29) is 11.5 Å². The number of hydrogen-bond acceptors (Lipinski definition) is 8. The first-order chi connectivity index (χ1) is 9.02. The first-order valence-corrected chi connectivity index (χ1v) is 8.48. The molecule has 1 heterocycles. The van der Waals surface area contributed by atoms with Crippen LogP contribution in [0.2, 0.25) is 0 Å². The van der Waals surface area contributed by atoms with Gasteiger partial charge in [-0.15, -0.1) is 5.10 Å². The van der Waals surface area contributed by atoms with E-state index in [1.807, 2.05) is 0 Å². The maximum Gasteiger partial charge on any atom is 0.209 e. The molecular formula is C9H18N4O4S2. The van der Waals surface area contributed by atoms with Gasteiger partial charge in [-0.1, -0.05) is 18.7 Å². The van der Waals surface area contributed by atoms with Crippen LogP contribution < -0.4 is 0 Å². The fourth-order valence-corrected chi connectivity index (χ4v) is 3.38. The fourth-order valence-electron chi connectivity index (χ4n) is 1.21. The summed E-state index contributed by atoms with van der Waals surface area (Å²) in [6.45, 7) is 1.98. The van der Waals surface area contributed by atoms with Gasteiger partial charge >= 0.3 is 0 Å². The van der Waals surface area contributed by atoms with Crippen LogP contribution in [0, 0.1) is 0 Å². The summed E-state index contributed by atoms with van der Waals surface area (Å²) in [5.41, 5.74) is 0. The molecule has 1 aromatic heterocycles. The second-order valence-corrected chi connectivity index (χ2v) is 7.16. The minimum atomic E-state index is -2.97. The van der Waals surface area contributed by atoms with Gasteiger partial charge in [0.05, 0.1) is 12.3 Å². The molecule has 0 spiro atoms. The smallest absolute Gasteiger partial charge is 0.209 e. The van der Waals surface area contributed by atoms with Crippen molar-refractivity contribution in [3.63, 3.8) is 0 Å². The van der Waals surface area contributed by atoms with E-state index < -0.39 is 16.1 Å². The molecule has 110 valence electrons. The SMILES string of the molecule is CCS(=O)(=O)CCSc1nnnn1CC(OC)OC. The monoisotopic (exact) mass is 310 g/mol. The van der Waals surface area contributed by atoms with E-state index in [9.17, 15) is 8.42 Å². The predicted molar refractivity (Wildman–Crippen MR) is 70.7 cm³/mol. The quantitative estimate of drug-likeness (QED) is 0.458. The van der Waals surface area contributed by atoms with Gasteiger partial charge in [-0.05, 0) is 10.4 Å². The van der Waals surface area contributed by atoms with E-state index in [0.717, 1.165) is 0 Å². The lowest BCUT2D eigenvalue weighted by Gasteiger charge is -2.13. The van der Waals surface area contributed by atoms with Crippen LogP contribution in [0.15, 0.2) is 5.16 Å². The second kappa shape index (κ2) is 7.78. The minimum absolute atomic E-state index is 0.110. The van der Waals surface area contributed by atoms with Gasteiger partial charge in [-0.3, -0.25) is 0 Å². The molecule has 1 rings (SSSR count). The highest BCUT2D eigenvalue weighted by Gasteiger charge is 2.14. The molecule has 0 unspecified atom stereocenters. The Labute approximate surface area is 116 Å². The van der Waals surface area contributed by atoms with Crippen molar-refractivity contribution in [2.45, 2.75) is 24.9 Å². The van der Waals surface area contributed by atoms with Crippen molar-refractivity contribution in [2.24, 2.45) is 0 Å². The number of hydrogen-bond donors (Lipinski definition) is 0. The van der Waals surface area contributed by atoms with Gasteiger partial charge in [0.1, 0.15) is 0 Å². The number of ether oxygens (including phenoxy) is 2. The van der Waals surface area contributed by atoms with Gasteiger partial charge in [-0.25, -0.2) is 13.1 Å². The van der Waals surface area contributed by atoms with Crippen molar-refractivity contribution in [2.75, 3.05) is 31.5 Å². The maximum atomic E-state index is 11.4. The summed E-state index contributed by atoms with van der Waals surface area (Å²) in [6.07, 6.45) is -0.442. The Morgan fingerprint density at radius 1 is 1.37 bits per heavy atom. The molecule has 0 aliphatic heterocycles. The molecule has 0 atom stereocenters. The molecule has 0 amide bonds. The number of aromatic nitrogens is 4. The normalized spacial score (nSPS) is 12.2. The van der Waals surface area contributed by atoms with E-state index in [1.54, 1.807) is 6.92 Å². The van der Waals surface area contributed by atoms with Crippen LogP contribution >= 0.6 is 11.8 Å². The van der Waals surface area contributed by atoms with Crippen molar-refractivity contribution >= 4 is 21.6 Å². The van der Waals surface area contributed by atoms with Crippen LogP contribution in [0.25, 0.3) is 0 Å². The van der Waals surface area contributed by atoms with Crippen molar-refractivity contribution in [1.29, 1.82) is 0 Å². The lowest BCUT2D eigenvalue weighted by molar-refractivity contribution is -0.113. The molecule has 0 saturated heterocycles. The molecule has 0 aliphatic rings. The summed E-state index contributed by atoms with van der Waals surface area (Å²) in [6, 6.07) is 0. The summed E-state index contributed by atoms with van der Waals surface area (Å²) >= 11 is 1.30. The average molecular weight is 310 g/mol. The number of methoxy groups -OCH3 is 2. The van der Waals surface area contributed by atoms with Gasteiger partial charge in [-0.2, -0.15) is 0 Å². The summed E-state index contributed by atoms with van der Waals surface area (Å²) in [5.74, 6) is 0.675. The molecule has 0 aliphatic carbocycles. The standard InChI is InChI=1S/C9H18N4O4S2/c1-4-19(14,15)6-5-18-9-10-11-12-13(9)7-8(16-2)17-3/h8H,4-7H2,1-3H3. The average Bonchev–Trinajstić information content (AvgIpc) is 2.83. The molecule has 0 bridgehead atoms. The largest absolute Gasteiger partial charge is 0.354 e. The Hall–Kier alpha value is -0.710. The molecule has 0 aromatic carbocycles. The van der Waals surface area contributed by atoms with Crippen LogP contribution in [0.1, 0.15) is 6.92 Å². The first-order valence-electron chi connectivity index (χ1n) is 5.67. The van der Waals surface area contributed by atoms with Crippen LogP contribution in [0.3, 0.4) is 0 Å². The molecule has 0 radical (unpaired) electrons.